The molecule has 0 heterocycles. The lowest BCUT2D eigenvalue weighted by molar-refractivity contribution is -0.139. The monoisotopic (exact) mass is 303 g/mol. The molecule has 0 aliphatic heterocycles. The number of phenolic OH excluding ortho intramolecular Hbond substituents is 1. The van der Waals surface area contributed by atoms with Gasteiger partial charge >= 0.3 is 19.7 Å². The van der Waals surface area contributed by atoms with E-state index in [1.807, 2.05) is 5.09 Å². The van der Waals surface area contributed by atoms with Gasteiger partial charge in [0.15, 0.2) is 0 Å². The Morgan fingerprint density at radius 2 is 1.90 bits per heavy atom. The van der Waals surface area contributed by atoms with Crippen molar-refractivity contribution < 1.29 is 33.8 Å². The van der Waals surface area contributed by atoms with E-state index in [9.17, 15) is 19.0 Å². The van der Waals surface area contributed by atoms with Crippen molar-refractivity contribution in [2.75, 3.05) is 0 Å². The number of rotatable bonds is 6. The molecule has 1 rings (SSSR count). The van der Waals surface area contributed by atoms with E-state index < -0.39 is 25.7 Å². The molecule has 0 aliphatic carbocycles. The first kappa shape index (κ1) is 16.2. The summed E-state index contributed by atoms with van der Waals surface area (Å²) in [5, 5.41) is 20.0. The van der Waals surface area contributed by atoms with Crippen molar-refractivity contribution in [3.05, 3.63) is 29.8 Å². The number of carbonyl (C=O) groups is 2. The second kappa shape index (κ2) is 6.51. The number of hydrogen-bond donors (Lipinski definition) is 4. The fourth-order valence-corrected chi connectivity index (χ4v) is 2.45. The summed E-state index contributed by atoms with van der Waals surface area (Å²) in [7, 11) is -4.53. The number of aliphatic carboxylic acids is 1. The topological polar surface area (TPSA) is 133 Å². The molecule has 0 bridgehead atoms. The number of benzene rings is 1. The Morgan fingerprint density at radius 1 is 1.35 bits per heavy atom. The van der Waals surface area contributed by atoms with Crippen molar-refractivity contribution in [3.63, 3.8) is 0 Å². The molecule has 0 aliphatic rings. The van der Waals surface area contributed by atoms with Crippen LogP contribution in [0.25, 0.3) is 0 Å². The van der Waals surface area contributed by atoms with Crippen LogP contribution in [-0.2, 0) is 25.1 Å². The van der Waals surface area contributed by atoms with Crippen LogP contribution in [0.2, 0.25) is 0 Å². The van der Waals surface area contributed by atoms with Crippen LogP contribution in [0.3, 0.4) is 0 Å². The molecule has 0 amide bonds. The number of carboxylic acids is 1. The largest absolute Gasteiger partial charge is 0.508 e. The van der Waals surface area contributed by atoms with Crippen LogP contribution in [0.15, 0.2) is 24.3 Å². The molecule has 0 spiro atoms. The number of nitrogens with one attached hydrogen (secondary N) is 1. The minimum atomic E-state index is -4.53. The Bertz CT molecular complexity index is 542. The number of carbonyl (C=O) groups excluding carboxylic acids is 1. The number of phenols is 1. The maximum absolute atomic E-state index is 11.5. The van der Waals surface area contributed by atoms with Gasteiger partial charge in [0.25, 0.3) is 0 Å². The lowest BCUT2D eigenvalue weighted by Crippen LogP contribution is -2.37. The second-order valence-corrected chi connectivity index (χ2v) is 5.48. The van der Waals surface area contributed by atoms with Crippen LogP contribution < -0.4 is 5.09 Å². The van der Waals surface area contributed by atoms with Crippen molar-refractivity contribution in [3.8, 4) is 5.75 Å². The number of hydrogen-bond acceptors (Lipinski definition) is 5. The van der Waals surface area contributed by atoms with E-state index in [-0.39, 0.29) is 12.2 Å². The van der Waals surface area contributed by atoms with Gasteiger partial charge in [0, 0.05) is 6.92 Å². The highest BCUT2D eigenvalue weighted by Crippen LogP contribution is 2.37. The average Bonchev–Trinajstić information content (AvgIpc) is 2.29. The average molecular weight is 303 g/mol. The van der Waals surface area contributed by atoms with E-state index in [0.717, 1.165) is 6.92 Å². The van der Waals surface area contributed by atoms with Gasteiger partial charge in [0.05, 0.1) is 0 Å². The molecule has 110 valence electrons. The summed E-state index contributed by atoms with van der Waals surface area (Å²) in [6.45, 7) is 0.931. The van der Waals surface area contributed by atoms with Gasteiger partial charge in [0.1, 0.15) is 11.8 Å². The van der Waals surface area contributed by atoms with Gasteiger partial charge in [-0.3, -0.25) is 9.59 Å². The van der Waals surface area contributed by atoms with E-state index in [0.29, 0.717) is 5.56 Å². The molecule has 0 aromatic heterocycles. The van der Waals surface area contributed by atoms with Gasteiger partial charge in [-0.1, -0.05) is 12.1 Å². The Labute approximate surface area is 114 Å². The van der Waals surface area contributed by atoms with Crippen LogP contribution in [0.1, 0.15) is 12.5 Å². The molecule has 2 atom stereocenters. The van der Waals surface area contributed by atoms with Crippen molar-refractivity contribution in [2.24, 2.45) is 0 Å². The summed E-state index contributed by atoms with van der Waals surface area (Å²) < 4.78 is 15.6. The van der Waals surface area contributed by atoms with E-state index in [4.69, 9.17) is 10.2 Å². The molecule has 0 fully saturated rings. The Kier molecular flexibility index (Phi) is 5.26. The van der Waals surface area contributed by atoms with Crippen molar-refractivity contribution >= 4 is 19.7 Å². The Hall–Kier alpha value is -1.89. The zero-order valence-electron chi connectivity index (χ0n) is 10.5. The summed E-state index contributed by atoms with van der Waals surface area (Å²) in [6.07, 6.45) is -0.124. The molecule has 9 heteroatoms. The van der Waals surface area contributed by atoms with E-state index in [1.54, 1.807) is 0 Å². The fraction of sp³-hybridized carbons (Fsp3) is 0.273. The standard InChI is InChI=1S/C11H14NO7P/c1-7(13)19-20(17,18)12-10(11(15)16)6-8-2-4-9(14)5-3-8/h2-5,10,14H,6H2,1H3,(H,15,16)(H2,12,17,18)/t10-/m0/s1. The quantitative estimate of drug-likeness (QED) is 0.563. The first-order valence-electron chi connectivity index (χ1n) is 5.51. The molecule has 0 radical (unpaired) electrons. The highest BCUT2D eigenvalue weighted by molar-refractivity contribution is 7.51. The predicted octanol–water partition coefficient (Wildman–Crippen LogP) is 0.641. The molecular weight excluding hydrogens is 289 g/mol. The molecule has 1 aromatic rings. The van der Waals surface area contributed by atoms with Gasteiger partial charge < -0.3 is 19.6 Å². The summed E-state index contributed by atoms with van der Waals surface area (Å²) >= 11 is 0. The third-order valence-electron chi connectivity index (χ3n) is 2.25. The predicted molar refractivity (Wildman–Crippen MR) is 68.0 cm³/mol. The molecule has 0 saturated heterocycles. The maximum Gasteiger partial charge on any atom is 0.459 e. The van der Waals surface area contributed by atoms with Crippen molar-refractivity contribution in [2.45, 2.75) is 19.4 Å². The lowest BCUT2D eigenvalue weighted by Gasteiger charge is -2.18. The van der Waals surface area contributed by atoms with Crippen LogP contribution in [0.4, 0.5) is 0 Å². The van der Waals surface area contributed by atoms with Crippen LogP contribution in [0.5, 0.6) is 5.75 Å². The maximum atomic E-state index is 11.5. The SMILES string of the molecule is CC(=O)OP(=O)(O)N[C@@H](Cc1ccc(O)cc1)C(=O)O. The van der Waals surface area contributed by atoms with E-state index in [2.05, 4.69) is 4.52 Å². The van der Waals surface area contributed by atoms with Crippen molar-refractivity contribution in [1.29, 1.82) is 0 Å². The Balaban J connectivity index is 2.80. The van der Waals surface area contributed by atoms with Crippen LogP contribution in [0, 0.1) is 0 Å². The molecule has 0 saturated carbocycles. The smallest absolute Gasteiger partial charge is 0.459 e. The summed E-state index contributed by atoms with van der Waals surface area (Å²) in [5.74, 6) is -2.36. The Morgan fingerprint density at radius 3 is 2.35 bits per heavy atom. The van der Waals surface area contributed by atoms with Crippen molar-refractivity contribution in [1.82, 2.24) is 5.09 Å². The van der Waals surface area contributed by atoms with E-state index >= 15 is 0 Å². The van der Waals surface area contributed by atoms with Crippen LogP contribution >= 0.6 is 7.75 Å². The lowest BCUT2D eigenvalue weighted by atomic mass is 10.1. The first-order valence-corrected chi connectivity index (χ1v) is 7.09. The molecule has 4 N–H and O–H groups in total. The minimum Gasteiger partial charge on any atom is -0.508 e. The molecule has 1 unspecified atom stereocenters. The summed E-state index contributed by atoms with van der Waals surface area (Å²) in [4.78, 5) is 31.0. The molecular formula is C11H14NO7P. The summed E-state index contributed by atoms with van der Waals surface area (Å²) in [5.41, 5.74) is 0.519. The van der Waals surface area contributed by atoms with Gasteiger partial charge in [-0.25, -0.2) is 4.57 Å². The number of carboxylic acid groups (broad SMARTS) is 1. The molecule has 8 nitrogen and oxygen atoms in total. The zero-order valence-corrected chi connectivity index (χ0v) is 11.4. The molecule has 1 aromatic carbocycles. The van der Waals surface area contributed by atoms with Gasteiger partial charge in [0.2, 0.25) is 0 Å². The third-order valence-corrected chi connectivity index (χ3v) is 3.39. The highest BCUT2D eigenvalue weighted by Gasteiger charge is 2.30. The zero-order chi connectivity index (χ0) is 15.3. The second-order valence-electron chi connectivity index (χ2n) is 3.99. The molecule has 20 heavy (non-hydrogen) atoms. The van der Waals surface area contributed by atoms with Gasteiger partial charge in [-0.15, -0.1) is 0 Å². The minimum absolute atomic E-state index is 0.0151. The number of aromatic hydroxyl groups is 1. The third kappa shape index (κ3) is 5.40. The highest BCUT2D eigenvalue weighted by atomic mass is 31.2. The van der Waals surface area contributed by atoms with Gasteiger partial charge in [-0.2, -0.15) is 5.09 Å². The van der Waals surface area contributed by atoms with E-state index in [1.165, 1.54) is 24.3 Å². The normalized spacial score (nSPS) is 15.1. The van der Waals surface area contributed by atoms with Crippen LogP contribution in [-0.4, -0.2) is 33.1 Å². The first-order chi connectivity index (χ1) is 9.19. The summed E-state index contributed by atoms with van der Waals surface area (Å²) in [6, 6.07) is 4.24. The van der Waals surface area contributed by atoms with Gasteiger partial charge in [-0.05, 0) is 24.1 Å². The fourth-order valence-electron chi connectivity index (χ4n) is 1.45.